The van der Waals surface area contributed by atoms with E-state index in [-0.39, 0.29) is 0 Å². The van der Waals surface area contributed by atoms with Crippen molar-refractivity contribution in [1.29, 1.82) is 5.26 Å². The largest absolute Gasteiger partial charge is 0.444 e. The van der Waals surface area contributed by atoms with Gasteiger partial charge in [0.2, 0.25) is 5.89 Å². The number of aromatic nitrogens is 1. The van der Waals surface area contributed by atoms with Gasteiger partial charge in [0.15, 0.2) is 0 Å². The number of nitrogens with one attached hydrogen (secondary N) is 1. The fourth-order valence-electron chi connectivity index (χ4n) is 1.54. The zero-order valence-electron chi connectivity index (χ0n) is 10.1. The van der Waals surface area contributed by atoms with Crippen LogP contribution in [0.2, 0.25) is 0 Å². The number of oxazole rings is 1. The van der Waals surface area contributed by atoms with Gasteiger partial charge >= 0.3 is 0 Å². The molecule has 1 aromatic heterocycles. The highest BCUT2D eigenvalue weighted by Crippen LogP contribution is 2.20. The van der Waals surface area contributed by atoms with Gasteiger partial charge in [-0.2, -0.15) is 5.26 Å². The van der Waals surface area contributed by atoms with E-state index in [1.54, 1.807) is 24.4 Å². The summed E-state index contributed by atoms with van der Waals surface area (Å²) in [5.41, 5.74) is 7.69. The number of nitriles is 1. The SMILES string of the molecule is CCc1cnc(CNc2cc(C#N)ccc2N)o1. The average molecular weight is 242 g/mol. The van der Waals surface area contributed by atoms with E-state index in [2.05, 4.69) is 16.4 Å². The third kappa shape index (κ3) is 2.61. The van der Waals surface area contributed by atoms with Gasteiger partial charge in [-0.15, -0.1) is 0 Å². The second-order valence-electron chi connectivity index (χ2n) is 3.84. The first-order chi connectivity index (χ1) is 8.72. The van der Waals surface area contributed by atoms with Crippen molar-refractivity contribution in [3.8, 4) is 6.07 Å². The molecule has 5 heteroatoms. The summed E-state index contributed by atoms with van der Waals surface area (Å²) in [6.45, 7) is 2.45. The molecule has 2 aromatic rings. The van der Waals surface area contributed by atoms with Crippen molar-refractivity contribution in [2.75, 3.05) is 11.1 Å². The molecule has 0 spiro atoms. The molecule has 0 bridgehead atoms. The molecule has 0 aliphatic heterocycles. The third-order valence-electron chi connectivity index (χ3n) is 2.56. The van der Waals surface area contributed by atoms with E-state index in [1.165, 1.54) is 0 Å². The van der Waals surface area contributed by atoms with Gasteiger partial charge in [0, 0.05) is 6.42 Å². The van der Waals surface area contributed by atoms with Crippen LogP contribution in [0.4, 0.5) is 11.4 Å². The Morgan fingerprint density at radius 2 is 2.33 bits per heavy atom. The molecule has 0 fully saturated rings. The number of aryl methyl sites for hydroxylation is 1. The first kappa shape index (κ1) is 12.0. The Bertz CT molecular complexity index is 583. The quantitative estimate of drug-likeness (QED) is 0.803. The lowest BCUT2D eigenvalue weighted by Gasteiger charge is -2.07. The van der Waals surface area contributed by atoms with Gasteiger partial charge in [0.05, 0.1) is 35.7 Å². The van der Waals surface area contributed by atoms with Gasteiger partial charge < -0.3 is 15.5 Å². The molecular formula is C13H14N4O. The second-order valence-corrected chi connectivity index (χ2v) is 3.84. The first-order valence-electron chi connectivity index (χ1n) is 5.70. The molecule has 0 aliphatic carbocycles. The van der Waals surface area contributed by atoms with Crippen molar-refractivity contribution in [2.45, 2.75) is 19.9 Å². The van der Waals surface area contributed by atoms with E-state index in [1.807, 2.05) is 6.92 Å². The fraction of sp³-hybridized carbons (Fsp3) is 0.231. The Labute approximate surface area is 105 Å². The van der Waals surface area contributed by atoms with Crippen molar-refractivity contribution < 1.29 is 4.42 Å². The molecule has 0 amide bonds. The number of nitrogen functional groups attached to an aromatic ring is 1. The Morgan fingerprint density at radius 3 is 3.00 bits per heavy atom. The van der Waals surface area contributed by atoms with Crippen LogP contribution in [0.1, 0.15) is 24.1 Å². The summed E-state index contributed by atoms with van der Waals surface area (Å²) < 4.78 is 5.47. The fourth-order valence-corrected chi connectivity index (χ4v) is 1.54. The summed E-state index contributed by atoms with van der Waals surface area (Å²) in [5.74, 6) is 1.46. The molecule has 0 aliphatic rings. The summed E-state index contributed by atoms with van der Waals surface area (Å²) >= 11 is 0. The van der Waals surface area contributed by atoms with E-state index in [4.69, 9.17) is 15.4 Å². The Morgan fingerprint density at radius 1 is 1.50 bits per heavy atom. The van der Waals surface area contributed by atoms with Gasteiger partial charge in [0.25, 0.3) is 0 Å². The highest BCUT2D eigenvalue weighted by molar-refractivity contribution is 5.68. The van der Waals surface area contributed by atoms with Crippen LogP contribution in [0.15, 0.2) is 28.8 Å². The van der Waals surface area contributed by atoms with E-state index >= 15 is 0 Å². The molecule has 0 saturated heterocycles. The number of hydrogen-bond donors (Lipinski definition) is 2. The van der Waals surface area contributed by atoms with Crippen LogP contribution < -0.4 is 11.1 Å². The van der Waals surface area contributed by atoms with Crippen LogP contribution in [-0.2, 0) is 13.0 Å². The van der Waals surface area contributed by atoms with E-state index in [9.17, 15) is 0 Å². The Balaban J connectivity index is 2.08. The second kappa shape index (κ2) is 5.23. The maximum absolute atomic E-state index is 8.82. The lowest BCUT2D eigenvalue weighted by molar-refractivity contribution is 0.466. The summed E-state index contributed by atoms with van der Waals surface area (Å²) in [5, 5.41) is 11.9. The molecule has 0 radical (unpaired) electrons. The number of benzene rings is 1. The molecule has 18 heavy (non-hydrogen) atoms. The lowest BCUT2D eigenvalue weighted by atomic mass is 10.2. The van der Waals surface area contributed by atoms with Crippen molar-refractivity contribution in [3.05, 3.63) is 41.6 Å². The maximum atomic E-state index is 8.82. The molecular weight excluding hydrogens is 228 g/mol. The summed E-state index contributed by atoms with van der Waals surface area (Å²) in [6, 6.07) is 7.16. The van der Waals surface area contributed by atoms with E-state index in [0.29, 0.717) is 29.4 Å². The van der Waals surface area contributed by atoms with Gasteiger partial charge in [-0.25, -0.2) is 4.98 Å². The van der Waals surface area contributed by atoms with E-state index < -0.39 is 0 Å². The standard InChI is InChI=1S/C13H14N4O/c1-2-10-7-17-13(18-10)8-16-12-5-9(6-14)3-4-11(12)15/h3-5,7,16H,2,8,15H2,1H3. The molecule has 1 aromatic carbocycles. The Kier molecular flexibility index (Phi) is 3.49. The molecule has 3 N–H and O–H groups in total. The molecule has 2 rings (SSSR count). The van der Waals surface area contributed by atoms with Crippen molar-refractivity contribution in [2.24, 2.45) is 0 Å². The number of nitrogens with two attached hydrogens (primary N) is 1. The summed E-state index contributed by atoms with van der Waals surface area (Å²) in [4.78, 5) is 4.14. The Hall–Kier alpha value is -2.48. The van der Waals surface area contributed by atoms with Crippen molar-refractivity contribution in [3.63, 3.8) is 0 Å². The number of nitrogens with zero attached hydrogens (tertiary/aromatic N) is 2. The van der Waals surface area contributed by atoms with Gasteiger partial charge in [-0.1, -0.05) is 6.92 Å². The van der Waals surface area contributed by atoms with Crippen LogP contribution in [0.25, 0.3) is 0 Å². The minimum absolute atomic E-state index is 0.444. The molecule has 92 valence electrons. The van der Waals surface area contributed by atoms with Crippen molar-refractivity contribution >= 4 is 11.4 Å². The number of anilines is 2. The van der Waals surface area contributed by atoms with Gasteiger partial charge in [-0.3, -0.25) is 0 Å². The average Bonchev–Trinajstić information content (AvgIpc) is 2.86. The van der Waals surface area contributed by atoms with Crippen molar-refractivity contribution in [1.82, 2.24) is 4.98 Å². The van der Waals surface area contributed by atoms with Crippen LogP contribution in [0.5, 0.6) is 0 Å². The zero-order valence-corrected chi connectivity index (χ0v) is 10.1. The monoisotopic (exact) mass is 242 g/mol. The van der Waals surface area contributed by atoms with Gasteiger partial charge in [-0.05, 0) is 18.2 Å². The summed E-state index contributed by atoms with van der Waals surface area (Å²) in [7, 11) is 0. The number of hydrogen-bond acceptors (Lipinski definition) is 5. The smallest absolute Gasteiger partial charge is 0.213 e. The zero-order chi connectivity index (χ0) is 13.0. The van der Waals surface area contributed by atoms with Crippen LogP contribution in [0.3, 0.4) is 0 Å². The topological polar surface area (TPSA) is 87.9 Å². The molecule has 1 heterocycles. The van der Waals surface area contributed by atoms with Crippen LogP contribution >= 0.6 is 0 Å². The first-order valence-corrected chi connectivity index (χ1v) is 5.70. The minimum Gasteiger partial charge on any atom is -0.444 e. The normalized spacial score (nSPS) is 10.0. The molecule has 0 atom stereocenters. The molecule has 0 saturated carbocycles. The number of rotatable bonds is 4. The molecule has 0 unspecified atom stereocenters. The summed E-state index contributed by atoms with van der Waals surface area (Å²) in [6.07, 6.45) is 2.53. The lowest BCUT2D eigenvalue weighted by Crippen LogP contribution is -2.03. The predicted octanol–water partition coefficient (Wildman–Crippen LogP) is 2.30. The van der Waals surface area contributed by atoms with Crippen LogP contribution in [-0.4, -0.2) is 4.98 Å². The molecule has 5 nitrogen and oxygen atoms in total. The highest BCUT2D eigenvalue weighted by atomic mass is 16.4. The maximum Gasteiger partial charge on any atom is 0.213 e. The third-order valence-corrected chi connectivity index (χ3v) is 2.56. The van der Waals surface area contributed by atoms with Gasteiger partial charge in [0.1, 0.15) is 5.76 Å². The minimum atomic E-state index is 0.444. The van der Waals surface area contributed by atoms with E-state index in [0.717, 1.165) is 12.2 Å². The van der Waals surface area contributed by atoms with Crippen LogP contribution in [0, 0.1) is 11.3 Å². The predicted molar refractivity (Wildman–Crippen MR) is 68.8 cm³/mol. The highest BCUT2D eigenvalue weighted by Gasteiger charge is 2.04.